The SMILES string of the molecule is Clc1ccc(Cl)c(Sc2nc(CN3CCOCC3)nc3scc(-c4cccs4)c23)c1. The van der Waals surface area contributed by atoms with Gasteiger partial charge in [-0.2, -0.15) is 0 Å². The second kappa shape index (κ2) is 9.12. The predicted molar refractivity (Wildman–Crippen MR) is 127 cm³/mol. The first-order chi connectivity index (χ1) is 14.7. The zero-order valence-electron chi connectivity index (χ0n) is 15.8. The van der Waals surface area contributed by atoms with E-state index in [1.165, 1.54) is 10.4 Å². The van der Waals surface area contributed by atoms with Crippen LogP contribution in [0.25, 0.3) is 20.7 Å². The molecule has 3 aromatic heterocycles. The minimum atomic E-state index is 0.657. The molecule has 1 aliphatic heterocycles. The van der Waals surface area contributed by atoms with E-state index in [1.807, 2.05) is 12.1 Å². The number of thiophene rings is 2. The largest absolute Gasteiger partial charge is 0.379 e. The van der Waals surface area contributed by atoms with Gasteiger partial charge in [-0.05, 0) is 29.6 Å². The number of rotatable bonds is 5. The van der Waals surface area contributed by atoms with Gasteiger partial charge in [0.25, 0.3) is 0 Å². The Balaban J connectivity index is 1.60. The molecule has 1 saturated heterocycles. The van der Waals surface area contributed by atoms with Crippen molar-refractivity contribution in [3.63, 3.8) is 0 Å². The number of hydrogen-bond donors (Lipinski definition) is 0. The zero-order valence-corrected chi connectivity index (χ0v) is 19.8. The van der Waals surface area contributed by atoms with Crippen LogP contribution in [-0.2, 0) is 11.3 Å². The summed E-state index contributed by atoms with van der Waals surface area (Å²) in [6, 6.07) is 9.72. The van der Waals surface area contributed by atoms with E-state index in [4.69, 9.17) is 37.9 Å². The Morgan fingerprint density at radius 1 is 1.10 bits per heavy atom. The Labute approximate surface area is 196 Å². The fourth-order valence-electron chi connectivity index (χ4n) is 3.33. The number of halogens is 2. The zero-order chi connectivity index (χ0) is 20.5. The molecule has 154 valence electrons. The van der Waals surface area contributed by atoms with E-state index in [9.17, 15) is 0 Å². The second-order valence-electron chi connectivity index (χ2n) is 6.82. The average molecular weight is 494 g/mol. The Kier molecular flexibility index (Phi) is 6.29. The van der Waals surface area contributed by atoms with Crippen LogP contribution in [0.15, 0.2) is 51.0 Å². The summed E-state index contributed by atoms with van der Waals surface area (Å²) in [4.78, 5) is 15.3. The standard InChI is InChI=1S/C21H17Cl2N3OS3/c22-13-3-4-15(23)17(10-13)30-21-19-14(16-2-1-9-28-16)12-29-20(19)24-18(25-21)11-26-5-7-27-8-6-26/h1-4,9-10,12H,5-8,11H2. The molecule has 1 aliphatic rings. The highest BCUT2D eigenvalue weighted by Crippen LogP contribution is 2.43. The van der Waals surface area contributed by atoms with Crippen LogP contribution >= 0.6 is 57.6 Å². The molecular formula is C21H17Cl2N3OS3. The molecule has 4 nitrogen and oxygen atoms in total. The molecule has 0 atom stereocenters. The Hall–Kier alpha value is -1.19. The fourth-order valence-corrected chi connectivity index (χ4v) is 6.66. The molecule has 5 rings (SSSR count). The molecule has 0 N–H and O–H groups in total. The summed E-state index contributed by atoms with van der Waals surface area (Å²) in [6.45, 7) is 4.01. The van der Waals surface area contributed by atoms with Crippen molar-refractivity contribution in [3.8, 4) is 10.4 Å². The van der Waals surface area contributed by atoms with Gasteiger partial charge in [-0.3, -0.25) is 4.90 Å². The minimum Gasteiger partial charge on any atom is -0.379 e. The minimum absolute atomic E-state index is 0.657. The number of aromatic nitrogens is 2. The van der Waals surface area contributed by atoms with Crippen molar-refractivity contribution in [1.82, 2.24) is 14.9 Å². The van der Waals surface area contributed by atoms with Crippen LogP contribution in [0.1, 0.15) is 5.82 Å². The number of nitrogens with zero attached hydrogens (tertiary/aromatic N) is 3. The Morgan fingerprint density at radius 2 is 1.97 bits per heavy atom. The normalized spacial score (nSPS) is 15.1. The molecule has 9 heteroatoms. The van der Waals surface area contributed by atoms with E-state index >= 15 is 0 Å². The molecule has 0 unspecified atom stereocenters. The summed E-state index contributed by atoms with van der Waals surface area (Å²) in [6.07, 6.45) is 0. The lowest BCUT2D eigenvalue weighted by molar-refractivity contribution is 0.0330. The number of fused-ring (bicyclic) bond motifs is 1. The third kappa shape index (κ3) is 4.39. The lowest BCUT2D eigenvalue weighted by Gasteiger charge is -2.25. The van der Waals surface area contributed by atoms with E-state index in [-0.39, 0.29) is 0 Å². The van der Waals surface area contributed by atoms with Crippen molar-refractivity contribution in [3.05, 3.63) is 57.0 Å². The Bertz CT molecular complexity index is 1170. The maximum Gasteiger partial charge on any atom is 0.145 e. The quantitative estimate of drug-likeness (QED) is 0.288. The van der Waals surface area contributed by atoms with Gasteiger partial charge in [0.15, 0.2) is 0 Å². The number of benzene rings is 1. The third-order valence-electron chi connectivity index (χ3n) is 4.80. The van der Waals surface area contributed by atoms with Crippen molar-refractivity contribution < 1.29 is 4.74 Å². The van der Waals surface area contributed by atoms with Crippen molar-refractivity contribution in [1.29, 1.82) is 0 Å². The van der Waals surface area contributed by atoms with Gasteiger partial charge in [0.05, 0.1) is 30.2 Å². The summed E-state index contributed by atoms with van der Waals surface area (Å²) in [5.74, 6) is 0.824. The van der Waals surface area contributed by atoms with Crippen LogP contribution in [-0.4, -0.2) is 41.2 Å². The second-order valence-corrected chi connectivity index (χ2v) is 10.5. The van der Waals surface area contributed by atoms with E-state index in [2.05, 4.69) is 27.8 Å². The molecular weight excluding hydrogens is 477 g/mol. The molecule has 4 aromatic rings. The third-order valence-corrected chi connectivity index (χ3v) is 8.30. The van der Waals surface area contributed by atoms with Crippen LogP contribution in [0.3, 0.4) is 0 Å². The molecule has 4 heterocycles. The van der Waals surface area contributed by atoms with E-state index < -0.39 is 0 Å². The molecule has 1 aromatic carbocycles. The van der Waals surface area contributed by atoms with Gasteiger partial charge in [-0.25, -0.2) is 9.97 Å². The first-order valence-electron chi connectivity index (χ1n) is 9.42. The Morgan fingerprint density at radius 3 is 2.77 bits per heavy atom. The van der Waals surface area contributed by atoms with E-state index in [0.29, 0.717) is 16.6 Å². The van der Waals surface area contributed by atoms with Crippen LogP contribution in [0, 0.1) is 0 Å². The van der Waals surface area contributed by atoms with Gasteiger partial charge in [0.2, 0.25) is 0 Å². The molecule has 0 saturated carbocycles. The summed E-state index contributed by atoms with van der Waals surface area (Å²) in [5.41, 5.74) is 1.17. The first-order valence-corrected chi connectivity index (χ1v) is 12.8. The lowest BCUT2D eigenvalue weighted by atomic mass is 10.2. The summed E-state index contributed by atoms with van der Waals surface area (Å²) >= 11 is 17.6. The summed E-state index contributed by atoms with van der Waals surface area (Å²) < 4.78 is 5.47. The van der Waals surface area contributed by atoms with Gasteiger partial charge in [0, 0.05) is 38.8 Å². The van der Waals surface area contributed by atoms with Crippen LogP contribution in [0.5, 0.6) is 0 Å². The fraction of sp³-hybridized carbons (Fsp3) is 0.238. The van der Waals surface area contributed by atoms with Gasteiger partial charge in [0.1, 0.15) is 15.7 Å². The predicted octanol–water partition coefficient (Wildman–Crippen LogP) is 6.71. The highest BCUT2D eigenvalue weighted by atomic mass is 35.5. The lowest BCUT2D eigenvalue weighted by Crippen LogP contribution is -2.36. The highest BCUT2D eigenvalue weighted by molar-refractivity contribution is 7.99. The maximum absolute atomic E-state index is 6.47. The average Bonchev–Trinajstić information content (AvgIpc) is 3.41. The summed E-state index contributed by atoms with van der Waals surface area (Å²) in [7, 11) is 0. The highest BCUT2D eigenvalue weighted by Gasteiger charge is 2.20. The van der Waals surface area contributed by atoms with Crippen molar-refractivity contribution in [2.45, 2.75) is 16.5 Å². The summed E-state index contributed by atoms with van der Waals surface area (Å²) in [5, 5.41) is 7.58. The first kappa shape index (κ1) is 20.7. The molecule has 0 amide bonds. The van der Waals surface area contributed by atoms with Crippen molar-refractivity contribution >= 4 is 67.9 Å². The van der Waals surface area contributed by atoms with Crippen LogP contribution in [0.4, 0.5) is 0 Å². The van der Waals surface area contributed by atoms with Crippen LogP contribution < -0.4 is 0 Å². The maximum atomic E-state index is 6.47. The molecule has 0 spiro atoms. The van der Waals surface area contributed by atoms with E-state index in [0.717, 1.165) is 52.3 Å². The van der Waals surface area contributed by atoms with Gasteiger partial charge in [-0.15, -0.1) is 22.7 Å². The molecule has 30 heavy (non-hydrogen) atoms. The number of ether oxygens (including phenoxy) is 1. The number of morpholine rings is 1. The van der Waals surface area contributed by atoms with Crippen molar-refractivity contribution in [2.24, 2.45) is 0 Å². The molecule has 0 aliphatic carbocycles. The van der Waals surface area contributed by atoms with Crippen molar-refractivity contribution in [2.75, 3.05) is 26.3 Å². The van der Waals surface area contributed by atoms with Gasteiger partial charge >= 0.3 is 0 Å². The molecule has 0 bridgehead atoms. The number of hydrogen-bond acceptors (Lipinski definition) is 7. The topological polar surface area (TPSA) is 38.2 Å². The molecule has 0 radical (unpaired) electrons. The monoisotopic (exact) mass is 493 g/mol. The van der Waals surface area contributed by atoms with Gasteiger partial charge in [-0.1, -0.05) is 41.0 Å². The van der Waals surface area contributed by atoms with Gasteiger partial charge < -0.3 is 4.74 Å². The van der Waals surface area contributed by atoms with E-state index in [1.54, 1.807) is 40.5 Å². The molecule has 1 fully saturated rings. The smallest absolute Gasteiger partial charge is 0.145 e. The van der Waals surface area contributed by atoms with Crippen LogP contribution in [0.2, 0.25) is 10.0 Å².